The molecule has 1 aliphatic carbocycles. The summed E-state index contributed by atoms with van der Waals surface area (Å²) < 4.78 is 0. The van der Waals surface area contributed by atoms with Gasteiger partial charge in [-0.2, -0.15) is 0 Å². The van der Waals surface area contributed by atoms with Crippen LogP contribution in [0.2, 0.25) is 0 Å². The van der Waals surface area contributed by atoms with Gasteiger partial charge in [0.1, 0.15) is 5.82 Å². The maximum Gasteiger partial charge on any atom is 0.123 e. The van der Waals surface area contributed by atoms with Crippen LogP contribution in [0.15, 0.2) is 36.5 Å². The molecule has 0 radical (unpaired) electrons. The van der Waals surface area contributed by atoms with Crippen LogP contribution < -0.4 is 11.1 Å². The maximum atomic E-state index is 5.73. The molecule has 2 fully saturated rings. The SMILES string of the molecule is Nc1ccc(-c2ccc(C3CCCCC3)c([C@@H]3CCCN3)c2)cn1. The zero-order valence-corrected chi connectivity index (χ0v) is 14.3. The minimum Gasteiger partial charge on any atom is -0.384 e. The van der Waals surface area contributed by atoms with Crippen LogP contribution in [0.5, 0.6) is 0 Å². The van der Waals surface area contributed by atoms with Gasteiger partial charge in [0.2, 0.25) is 0 Å². The van der Waals surface area contributed by atoms with Gasteiger partial charge in [0.05, 0.1) is 0 Å². The largest absolute Gasteiger partial charge is 0.384 e. The third kappa shape index (κ3) is 3.18. The Morgan fingerprint density at radius 3 is 2.42 bits per heavy atom. The van der Waals surface area contributed by atoms with Crippen molar-refractivity contribution in [2.24, 2.45) is 0 Å². The van der Waals surface area contributed by atoms with Gasteiger partial charge in [0.25, 0.3) is 0 Å². The van der Waals surface area contributed by atoms with E-state index in [1.165, 1.54) is 56.1 Å². The molecular weight excluding hydrogens is 294 g/mol. The molecule has 0 unspecified atom stereocenters. The zero-order valence-electron chi connectivity index (χ0n) is 14.3. The first-order valence-electron chi connectivity index (χ1n) is 9.40. The zero-order chi connectivity index (χ0) is 16.4. The average Bonchev–Trinajstić information content (AvgIpc) is 3.17. The fourth-order valence-corrected chi connectivity index (χ4v) is 4.37. The Labute approximate surface area is 144 Å². The van der Waals surface area contributed by atoms with E-state index in [4.69, 9.17) is 5.73 Å². The molecule has 1 aliphatic heterocycles. The van der Waals surface area contributed by atoms with Crippen molar-refractivity contribution in [3.8, 4) is 11.1 Å². The van der Waals surface area contributed by atoms with Crippen LogP contribution >= 0.6 is 0 Å². The molecule has 0 spiro atoms. The highest BCUT2D eigenvalue weighted by atomic mass is 14.9. The first-order chi connectivity index (χ1) is 11.8. The number of hydrogen-bond donors (Lipinski definition) is 2. The molecule has 0 amide bonds. The molecule has 24 heavy (non-hydrogen) atoms. The standard InChI is InChI=1S/C21H27N3/c22-21-11-9-17(14-24-21)16-8-10-18(15-5-2-1-3-6-15)19(13-16)20-7-4-12-23-20/h8-11,13-15,20,23H,1-7,12H2,(H2,22,24)/t20-/m0/s1. The summed E-state index contributed by atoms with van der Waals surface area (Å²) in [6, 6.07) is 11.5. The highest BCUT2D eigenvalue weighted by Crippen LogP contribution is 2.39. The van der Waals surface area contributed by atoms with Crippen LogP contribution in [0.25, 0.3) is 11.1 Å². The Bertz CT molecular complexity index is 681. The number of benzene rings is 1. The molecule has 3 N–H and O–H groups in total. The van der Waals surface area contributed by atoms with Crippen LogP contribution in [0.1, 0.15) is 68.0 Å². The number of nitrogens with one attached hydrogen (secondary N) is 1. The fraction of sp³-hybridized carbons (Fsp3) is 0.476. The van der Waals surface area contributed by atoms with Gasteiger partial charge in [0, 0.05) is 17.8 Å². The number of nitrogen functional groups attached to an aromatic ring is 1. The Balaban J connectivity index is 1.72. The number of aromatic nitrogens is 1. The van der Waals surface area contributed by atoms with Gasteiger partial charge < -0.3 is 11.1 Å². The molecule has 2 aromatic rings. The van der Waals surface area contributed by atoms with Crippen LogP contribution in [0.3, 0.4) is 0 Å². The Morgan fingerprint density at radius 2 is 1.71 bits per heavy atom. The van der Waals surface area contributed by atoms with E-state index in [1.54, 1.807) is 5.56 Å². The van der Waals surface area contributed by atoms with E-state index >= 15 is 0 Å². The fourth-order valence-electron chi connectivity index (χ4n) is 4.37. The summed E-state index contributed by atoms with van der Waals surface area (Å²) in [7, 11) is 0. The number of nitrogens with two attached hydrogens (primary N) is 1. The van der Waals surface area contributed by atoms with Crippen LogP contribution in [-0.2, 0) is 0 Å². The number of hydrogen-bond acceptors (Lipinski definition) is 3. The molecule has 1 saturated heterocycles. The van der Waals surface area contributed by atoms with E-state index in [0.717, 1.165) is 18.0 Å². The quantitative estimate of drug-likeness (QED) is 0.853. The second kappa shape index (κ2) is 6.94. The summed E-state index contributed by atoms with van der Waals surface area (Å²) in [5.74, 6) is 1.32. The van der Waals surface area contributed by atoms with E-state index in [2.05, 4.69) is 34.6 Å². The lowest BCUT2D eigenvalue weighted by molar-refractivity contribution is 0.438. The highest BCUT2D eigenvalue weighted by Gasteiger charge is 2.24. The van der Waals surface area contributed by atoms with Crippen molar-refractivity contribution in [3.05, 3.63) is 47.7 Å². The van der Waals surface area contributed by atoms with Crippen molar-refractivity contribution in [3.63, 3.8) is 0 Å². The highest BCUT2D eigenvalue weighted by molar-refractivity contribution is 5.65. The minimum absolute atomic E-state index is 0.517. The summed E-state index contributed by atoms with van der Waals surface area (Å²) in [6.45, 7) is 1.14. The van der Waals surface area contributed by atoms with Gasteiger partial charge in [-0.05, 0) is 73.0 Å². The first kappa shape index (κ1) is 15.6. The lowest BCUT2D eigenvalue weighted by Crippen LogP contribution is -2.17. The van der Waals surface area contributed by atoms with Crippen molar-refractivity contribution >= 4 is 5.82 Å². The molecular formula is C21H27N3. The van der Waals surface area contributed by atoms with Crippen molar-refractivity contribution in [1.82, 2.24) is 10.3 Å². The van der Waals surface area contributed by atoms with Crippen LogP contribution in [0.4, 0.5) is 5.82 Å². The van der Waals surface area contributed by atoms with Crippen molar-refractivity contribution in [1.29, 1.82) is 0 Å². The summed E-state index contributed by atoms with van der Waals surface area (Å²) in [5, 5.41) is 3.70. The molecule has 2 aliphatic rings. The van der Waals surface area contributed by atoms with Gasteiger partial charge >= 0.3 is 0 Å². The first-order valence-corrected chi connectivity index (χ1v) is 9.40. The van der Waals surface area contributed by atoms with Crippen molar-refractivity contribution < 1.29 is 0 Å². The van der Waals surface area contributed by atoms with E-state index in [9.17, 15) is 0 Å². The predicted octanol–water partition coefficient (Wildman–Crippen LogP) is 4.80. The molecule has 1 aromatic carbocycles. The number of pyridine rings is 1. The third-order valence-electron chi connectivity index (χ3n) is 5.69. The number of anilines is 1. The van der Waals surface area contributed by atoms with Gasteiger partial charge in [-0.1, -0.05) is 31.4 Å². The van der Waals surface area contributed by atoms with E-state index in [-0.39, 0.29) is 0 Å². The van der Waals surface area contributed by atoms with E-state index in [0.29, 0.717) is 11.9 Å². The van der Waals surface area contributed by atoms with Crippen molar-refractivity contribution in [2.45, 2.75) is 56.9 Å². The molecule has 4 rings (SSSR count). The smallest absolute Gasteiger partial charge is 0.123 e. The minimum atomic E-state index is 0.517. The molecule has 3 heteroatoms. The monoisotopic (exact) mass is 321 g/mol. The molecule has 1 aromatic heterocycles. The second-order valence-electron chi connectivity index (χ2n) is 7.30. The van der Waals surface area contributed by atoms with Crippen LogP contribution in [-0.4, -0.2) is 11.5 Å². The van der Waals surface area contributed by atoms with E-state index < -0.39 is 0 Å². The molecule has 0 bridgehead atoms. The summed E-state index contributed by atoms with van der Waals surface area (Å²) in [4.78, 5) is 4.26. The summed E-state index contributed by atoms with van der Waals surface area (Å²) in [5.41, 5.74) is 11.2. The molecule has 2 heterocycles. The normalized spacial score (nSPS) is 21.9. The predicted molar refractivity (Wildman–Crippen MR) is 99.9 cm³/mol. The molecule has 1 atom stereocenters. The van der Waals surface area contributed by atoms with Gasteiger partial charge in [-0.25, -0.2) is 4.98 Å². The topological polar surface area (TPSA) is 50.9 Å². The van der Waals surface area contributed by atoms with Crippen molar-refractivity contribution in [2.75, 3.05) is 12.3 Å². The Morgan fingerprint density at radius 1 is 0.875 bits per heavy atom. The average molecular weight is 321 g/mol. The number of nitrogens with zero attached hydrogens (tertiary/aromatic N) is 1. The van der Waals surface area contributed by atoms with Gasteiger partial charge in [-0.3, -0.25) is 0 Å². The Kier molecular flexibility index (Phi) is 4.52. The lowest BCUT2D eigenvalue weighted by Gasteiger charge is -2.27. The maximum absolute atomic E-state index is 5.73. The van der Waals surface area contributed by atoms with Gasteiger partial charge in [0.15, 0.2) is 0 Å². The third-order valence-corrected chi connectivity index (χ3v) is 5.69. The number of rotatable bonds is 3. The Hall–Kier alpha value is -1.87. The summed E-state index contributed by atoms with van der Waals surface area (Å²) >= 11 is 0. The van der Waals surface area contributed by atoms with E-state index in [1.807, 2.05) is 12.3 Å². The van der Waals surface area contributed by atoms with Crippen LogP contribution in [0, 0.1) is 0 Å². The van der Waals surface area contributed by atoms with Gasteiger partial charge in [-0.15, -0.1) is 0 Å². The second-order valence-corrected chi connectivity index (χ2v) is 7.30. The summed E-state index contributed by atoms with van der Waals surface area (Å²) in [6.07, 6.45) is 11.3. The molecule has 3 nitrogen and oxygen atoms in total. The lowest BCUT2D eigenvalue weighted by atomic mass is 9.80. The molecule has 1 saturated carbocycles. The molecule has 126 valence electrons.